The molecule has 1 aliphatic rings. The van der Waals surface area contributed by atoms with Crippen molar-refractivity contribution in [3.8, 4) is 11.5 Å². The van der Waals surface area contributed by atoms with Gasteiger partial charge in [0, 0.05) is 11.1 Å². The van der Waals surface area contributed by atoms with Crippen LogP contribution in [0.4, 0.5) is 0 Å². The average Bonchev–Trinajstić information content (AvgIpc) is 2.45. The van der Waals surface area contributed by atoms with Gasteiger partial charge < -0.3 is 14.2 Å². The van der Waals surface area contributed by atoms with Gasteiger partial charge in [-0.2, -0.15) is 0 Å². The van der Waals surface area contributed by atoms with Gasteiger partial charge in [0.05, 0.1) is 13.7 Å². The molecule has 5 heteroatoms. The second kappa shape index (κ2) is 5.56. The van der Waals surface area contributed by atoms with E-state index in [9.17, 15) is 9.59 Å². The molecule has 0 aromatic heterocycles. The van der Waals surface area contributed by atoms with Gasteiger partial charge in [-0.25, -0.2) is 4.79 Å². The Balaban J connectivity index is 2.36. The van der Waals surface area contributed by atoms with Gasteiger partial charge >= 0.3 is 5.97 Å². The Bertz CT molecular complexity index is 533. The molecular weight excluding hydrogens is 248 g/mol. The first-order valence-electron chi connectivity index (χ1n) is 5.87. The van der Waals surface area contributed by atoms with Crippen LogP contribution in [0.25, 0.3) is 6.08 Å². The van der Waals surface area contributed by atoms with Crippen LogP contribution >= 0.6 is 0 Å². The summed E-state index contributed by atoms with van der Waals surface area (Å²) in [5.41, 5.74) is 0.932. The molecule has 1 aromatic carbocycles. The summed E-state index contributed by atoms with van der Waals surface area (Å²) in [4.78, 5) is 22.8. The smallest absolute Gasteiger partial charge is 0.352 e. The van der Waals surface area contributed by atoms with Crippen LogP contribution in [0.3, 0.4) is 0 Å². The fourth-order valence-electron chi connectivity index (χ4n) is 1.82. The number of esters is 1. The largest absolute Gasteiger partial charge is 0.497 e. The van der Waals surface area contributed by atoms with E-state index < -0.39 is 12.1 Å². The number of carbonyl (C=O) groups is 2. The SMILES string of the molecule is CCOC(=O)[C@H]1Oc2ccc(OC)cc2C=C1C=O. The van der Waals surface area contributed by atoms with E-state index in [1.165, 1.54) is 0 Å². The molecule has 1 atom stereocenters. The summed E-state index contributed by atoms with van der Waals surface area (Å²) in [7, 11) is 1.55. The highest BCUT2D eigenvalue weighted by Crippen LogP contribution is 2.32. The highest BCUT2D eigenvalue weighted by atomic mass is 16.6. The maximum atomic E-state index is 11.7. The number of fused-ring (bicyclic) bond motifs is 1. The van der Waals surface area contributed by atoms with E-state index in [2.05, 4.69) is 0 Å². The maximum Gasteiger partial charge on any atom is 0.352 e. The van der Waals surface area contributed by atoms with Crippen LogP contribution in [-0.2, 0) is 14.3 Å². The van der Waals surface area contributed by atoms with E-state index >= 15 is 0 Å². The van der Waals surface area contributed by atoms with E-state index in [4.69, 9.17) is 14.2 Å². The summed E-state index contributed by atoms with van der Waals surface area (Å²) in [6.07, 6.45) is 1.21. The summed E-state index contributed by atoms with van der Waals surface area (Å²) in [6.45, 7) is 1.93. The highest BCUT2D eigenvalue weighted by molar-refractivity contribution is 5.95. The van der Waals surface area contributed by atoms with Crippen LogP contribution in [0.2, 0.25) is 0 Å². The van der Waals surface area contributed by atoms with Crippen LogP contribution in [0.15, 0.2) is 23.8 Å². The molecule has 100 valence electrons. The standard InChI is InChI=1S/C14H14O5/c1-3-18-14(16)13-10(8-15)6-9-7-11(17-2)4-5-12(9)19-13/h4-8,13H,3H2,1-2H3/t13-/m0/s1. The molecule has 0 spiro atoms. The van der Waals surface area contributed by atoms with Crippen molar-refractivity contribution in [1.82, 2.24) is 0 Å². The van der Waals surface area contributed by atoms with Crippen LogP contribution in [0, 0.1) is 0 Å². The monoisotopic (exact) mass is 262 g/mol. The number of carbonyl (C=O) groups excluding carboxylic acids is 2. The minimum absolute atomic E-state index is 0.235. The molecular formula is C14H14O5. The number of aldehydes is 1. The second-order valence-electron chi connectivity index (χ2n) is 3.92. The van der Waals surface area contributed by atoms with Crippen molar-refractivity contribution in [2.24, 2.45) is 0 Å². The van der Waals surface area contributed by atoms with Gasteiger partial charge in [0.15, 0.2) is 0 Å². The van der Waals surface area contributed by atoms with E-state index in [0.717, 1.165) is 0 Å². The van der Waals surface area contributed by atoms with E-state index in [1.807, 2.05) is 0 Å². The lowest BCUT2D eigenvalue weighted by molar-refractivity contribution is -0.150. The molecule has 0 unspecified atom stereocenters. The minimum atomic E-state index is -1.00. The third-order valence-corrected chi connectivity index (χ3v) is 2.72. The Morgan fingerprint density at radius 3 is 2.89 bits per heavy atom. The van der Waals surface area contributed by atoms with Crippen molar-refractivity contribution in [2.75, 3.05) is 13.7 Å². The summed E-state index contributed by atoms with van der Waals surface area (Å²) >= 11 is 0. The topological polar surface area (TPSA) is 61.8 Å². The highest BCUT2D eigenvalue weighted by Gasteiger charge is 2.30. The number of hydrogen-bond acceptors (Lipinski definition) is 5. The Morgan fingerprint density at radius 2 is 2.26 bits per heavy atom. The molecule has 1 heterocycles. The first-order chi connectivity index (χ1) is 9.19. The summed E-state index contributed by atoms with van der Waals surface area (Å²) in [6, 6.07) is 5.15. The summed E-state index contributed by atoms with van der Waals surface area (Å²) in [5.74, 6) is 0.602. The number of hydrogen-bond donors (Lipinski definition) is 0. The number of rotatable bonds is 4. The predicted octanol–water partition coefficient (Wildman–Crippen LogP) is 1.60. The summed E-state index contributed by atoms with van der Waals surface area (Å²) in [5, 5.41) is 0. The molecule has 1 aromatic rings. The Labute approximate surface area is 110 Å². The van der Waals surface area contributed by atoms with Crippen LogP contribution in [-0.4, -0.2) is 32.1 Å². The third-order valence-electron chi connectivity index (χ3n) is 2.72. The lowest BCUT2D eigenvalue weighted by atomic mass is 10.0. The molecule has 0 amide bonds. The van der Waals surface area contributed by atoms with Gasteiger partial charge in [0.25, 0.3) is 0 Å². The normalized spacial score (nSPS) is 16.7. The average molecular weight is 262 g/mol. The molecule has 0 saturated carbocycles. The number of ether oxygens (including phenoxy) is 3. The zero-order chi connectivity index (χ0) is 13.8. The Hall–Kier alpha value is -2.30. The van der Waals surface area contributed by atoms with E-state index in [0.29, 0.717) is 23.3 Å². The minimum Gasteiger partial charge on any atom is -0.497 e. The Kier molecular flexibility index (Phi) is 3.85. The number of benzene rings is 1. The molecule has 0 N–H and O–H groups in total. The molecule has 0 aliphatic carbocycles. The van der Waals surface area contributed by atoms with Crippen molar-refractivity contribution < 1.29 is 23.8 Å². The van der Waals surface area contributed by atoms with E-state index in [1.54, 1.807) is 38.3 Å². The lowest BCUT2D eigenvalue weighted by Gasteiger charge is -2.23. The van der Waals surface area contributed by atoms with Crippen LogP contribution < -0.4 is 9.47 Å². The molecule has 0 saturated heterocycles. The van der Waals surface area contributed by atoms with Gasteiger partial charge in [-0.15, -0.1) is 0 Å². The molecule has 0 fully saturated rings. The van der Waals surface area contributed by atoms with Crippen molar-refractivity contribution >= 4 is 18.3 Å². The zero-order valence-corrected chi connectivity index (χ0v) is 10.7. The molecule has 0 radical (unpaired) electrons. The second-order valence-corrected chi connectivity index (χ2v) is 3.92. The van der Waals surface area contributed by atoms with Crippen molar-refractivity contribution in [3.05, 3.63) is 29.3 Å². The fourth-order valence-corrected chi connectivity index (χ4v) is 1.82. The first-order valence-corrected chi connectivity index (χ1v) is 5.87. The van der Waals surface area contributed by atoms with Crippen molar-refractivity contribution in [1.29, 1.82) is 0 Å². The van der Waals surface area contributed by atoms with Crippen molar-refractivity contribution in [3.63, 3.8) is 0 Å². The molecule has 19 heavy (non-hydrogen) atoms. The number of methoxy groups -OCH3 is 1. The lowest BCUT2D eigenvalue weighted by Crippen LogP contribution is -2.33. The van der Waals surface area contributed by atoms with Gasteiger partial charge in [0.1, 0.15) is 17.8 Å². The van der Waals surface area contributed by atoms with Crippen molar-refractivity contribution in [2.45, 2.75) is 13.0 Å². The van der Waals surface area contributed by atoms with Gasteiger partial charge in [-0.05, 0) is 31.2 Å². The first kappa shape index (κ1) is 13.1. The van der Waals surface area contributed by atoms with Gasteiger partial charge in [0.2, 0.25) is 6.10 Å². The molecule has 5 nitrogen and oxygen atoms in total. The quantitative estimate of drug-likeness (QED) is 0.609. The molecule has 0 bridgehead atoms. The van der Waals surface area contributed by atoms with Gasteiger partial charge in [-0.1, -0.05) is 0 Å². The predicted molar refractivity (Wildman–Crippen MR) is 68.1 cm³/mol. The van der Waals surface area contributed by atoms with Crippen LogP contribution in [0.5, 0.6) is 11.5 Å². The third kappa shape index (κ3) is 2.59. The zero-order valence-electron chi connectivity index (χ0n) is 10.7. The van der Waals surface area contributed by atoms with E-state index in [-0.39, 0.29) is 12.2 Å². The maximum absolute atomic E-state index is 11.7. The Morgan fingerprint density at radius 1 is 1.47 bits per heavy atom. The van der Waals surface area contributed by atoms with Gasteiger partial charge in [-0.3, -0.25) is 4.79 Å². The molecule has 2 rings (SSSR count). The fraction of sp³-hybridized carbons (Fsp3) is 0.286. The molecule has 1 aliphatic heterocycles. The van der Waals surface area contributed by atoms with Crippen LogP contribution in [0.1, 0.15) is 12.5 Å². The summed E-state index contributed by atoms with van der Waals surface area (Å²) < 4.78 is 15.5.